The number of rotatable bonds is 4. The molecule has 10 heteroatoms. The molecule has 3 aromatic rings. The van der Waals surface area contributed by atoms with Crippen LogP contribution in [0.3, 0.4) is 0 Å². The van der Waals surface area contributed by atoms with E-state index in [9.17, 15) is 0 Å². The summed E-state index contributed by atoms with van der Waals surface area (Å²) in [6.45, 7) is 4.25. The summed E-state index contributed by atoms with van der Waals surface area (Å²) in [6, 6.07) is 7.41. The molecule has 0 amide bonds. The number of fused-ring (bicyclic) bond motifs is 1. The van der Waals surface area contributed by atoms with Crippen molar-refractivity contribution in [3.63, 3.8) is 0 Å². The van der Waals surface area contributed by atoms with Crippen LogP contribution in [0.1, 0.15) is 0 Å². The van der Waals surface area contributed by atoms with Crippen molar-refractivity contribution in [1.82, 2.24) is 24.6 Å². The van der Waals surface area contributed by atoms with Crippen LogP contribution in [0.5, 0.6) is 11.5 Å². The number of hydrogen-bond acceptors (Lipinski definition) is 9. The molecule has 0 saturated carbocycles. The monoisotopic (exact) mass is 398 g/mol. The number of aromatic nitrogens is 4. The van der Waals surface area contributed by atoms with Gasteiger partial charge in [0.25, 0.3) is 4.84 Å². The van der Waals surface area contributed by atoms with Crippen molar-refractivity contribution < 1.29 is 13.9 Å². The number of ether oxygens (including phenoxy) is 2. The Balaban J connectivity index is 1.26. The highest BCUT2D eigenvalue weighted by atomic mass is 32.1. The minimum atomic E-state index is 0.233. The van der Waals surface area contributed by atoms with Crippen molar-refractivity contribution in [1.29, 1.82) is 0 Å². The molecule has 144 valence electrons. The van der Waals surface area contributed by atoms with Gasteiger partial charge in [0.1, 0.15) is 0 Å². The fourth-order valence-corrected chi connectivity index (χ4v) is 3.45. The highest BCUT2D eigenvalue weighted by Gasteiger charge is 2.21. The second-order valence-corrected chi connectivity index (χ2v) is 6.89. The highest BCUT2D eigenvalue weighted by Crippen LogP contribution is 2.35. The quantitative estimate of drug-likeness (QED) is 0.614. The first kappa shape index (κ1) is 17.1. The third-order valence-corrected chi connectivity index (χ3v) is 5.06. The lowest BCUT2D eigenvalue weighted by atomic mass is 10.2. The Morgan fingerprint density at radius 3 is 2.61 bits per heavy atom. The van der Waals surface area contributed by atoms with Gasteiger partial charge >= 0.3 is 0 Å². The molecular weight excluding hydrogens is 380 g/mol. The average molecular weight is 398 g/mol. The van der Waals surface area contributed by atoms with Gasteiger partial charge in [-0.3, -0.25) is 4.90 Å². The minimum Gasteiger partial charge on any atom is -0.454 e. The first-order valence-electron chi connectivity index (χ1n) is 8.98. The lowest BCUT2D eigenvalue weighted by Crippen LogP contribution is -2.47. The van der Waals surface area contributed by atoms with Crippen LogP contribution in [0, 0.1) is 4.84 Å². The third kappa shape index (κ3) is 3.32. The maximum Gasteiger partial charge on any atom is 0.288 e. The van der Waals surface area contributed by atoms with E-state index in [2.05, 4.69) is 24.9 Å². The summed E-state index contributed by atoms with van der Waals surface area (Å²) in [6.07, 6.45) is 3.53. The molecular formula is C18H18N6O3S. The van der Waals surface area contributed by atoms with Crippen molar-refractivity contribution >= 4 is 18.2 Å². The van der Waals surface area contributed by atoms with E-state index in [0.717, 1.165) is 43.4 Å². The average Bonchev–Trinajstić information content (AvgIpc) is 3.35. The second-order valence-electron chi connectivity index (χ2n) is 6.54. The largest absolute Gasteiger partial charge is 0.454 e. The zero-order chi connectivity index (χ0) is 18.9. The Morgan fingerprint density at radius 1 is 1.00 bits per heavy atom. The standard InChI is InChI=1S/C18H18N6O3S/c28-18-24(11-22-6-8-23(9-7-22)17-19-4-1-5-20-17)21-16(27-18)13-2-3-14-15(10-13)26-12-25-14/h1-5,10H,6-9,11-12H2. The van der Waals surface area contributed by atoms with Crippen LogP contribution in [0.2, 0.25) is 0 Å². The fraction of sp³-hybridized carbons (Fsp3) is 0.333. The van der Waals surface area contributed by atoms with E-state index in [1.54, 1.807) is 17.1 Å². The predicted octanol–water partition coefficient (Wildman–Crippen LogP) is 2.17. The maximum atomic E-state index is 5.71. The van der Waals surface area contributed by atoms with Crippen molar-refractivity contribution in [3.05, 3.63) is 41.5 Å². The number of nitrogens with zero attached hydrogens (tertiary/aromatic N) is 6. The van der Waals surface area contributed by atoms with Crippen LogP contribution in [0.15, 0.2) is 41.1 Å². The van der Waals surface area contributed by atoms with Gasteiger partial charge in [0.15, 0.2) is 11.5 Å². The van der Waals surface area contributed by atoms with Gasteiger partial charge < -0.3 is 18.8 Å². The topological polar surface area (TPSA) is 81.7 Å². The Hall–Kier alpha value is -2.98. The van der Waals surface area contributed by atoms with Gasteiger partial charge in [0.05, 0.1) is 6.67 Å². The lowest BCUT2D eigenvalue weighted by molar-refractivity contribution is 0.174. The highest BCUT2D eigenvalue weighted by molar-refractivity contribution is 7.71. The number of piperazine rings is 1. The maximum absolute atomic E-state index is 5.71. The summed E-state index contributed by atoms with van der Waals surface area (Å²) in [5.74, 6) is 2.65. The van der Waals surface area contributed by atoms with E-state index in [-0.39, 0.29) is 6.79 Å². The minimum absolute atomic E-state index is 0.233. The van der Waals surface area contributed by atoms with Crippen molar-refractivity contribution in [2.24, 2.45) is 0 Å². The smallest absolute Gasteiger partial charge is 0.288 e. The van der Waals surface area contributed by atoms with E-state index in [4.69, 9.17) is 26.1 Å². The molecule has 4 heterocycles. The SMILES string of the molecule is S=c1oc(-c2ccc3c(c2)OCO3)nn1CN1CCN(c2ncccn2)CC1. The van der Waals surface area contributed by atoms with Crippen LogP contribution in [-0.4, -0.2) is 57.6 Å². The molecule has 2 aromatic heterocycles. The molecule has 0 radical (unpaired) electrons. The van der Waals surface area contributed by atoms with Gasteiger partial charge in [0, 0.05) is 44.1 Å². The number of hydrogen-bond donors (Lipinski definition) is 0. The molecule has 0 atom stereocenters. The van der Waals surface area contributed by atoms with E-state index >= 15 is 0 Å². The van der Waals surface area contributed by atoms with Gasteiger partial charge in [-0.2, -0.15) is 0 Å². The molecule has 1 fully saturated rings. The fourth-order valence-electron chi connectivity index (χ4n) is 3.28. The zero-order valence-corrected chi connectivity index (χ0v) is 15.8. The van der Waals surface area contributed by atoms with Crippen molar-refractivity contribution in [2.45, 2.75) is 6.67 Å². The zero-order valence-electron chi connectivity index (χ0n) is 15.0. The molecule has 0 unspecified atom stereocenters. The molecule has 2 aliphatic rings. The summed E-state index contributed by atoms with van der Waals surface area (Å²) in [5.41, 5.74) is 0.806. The molecule has 0 spiro atoms. The van der Waals surface area contributed by atoms with Gasteiger partial charge in [-0.15, -0.1) is 5.10 Å². The summed E-state index contributed by atoms with van der Waals surface area (Å²) >= 11 is 5.36. The van der Waals surface area contributed by atoms with Crippen molar-refractivity contribution in [3.8, 4) is 23.0 Å². The molecule has 1 aromatic carbocycles. The summed E-state index contributed by atoms with van der Waals surface area (Å²) in [7, 11) is 0. The lowest BCUT2D eigenvalue weighted by Gasteiger charge is -2.34. The van der Waals surface area contributed by atoms with Gasteiger partial charge in [-0.25, -0.2) is 14.6 Å². The molecule has 5 rings (SSSR count). The Labute approximate surface area is 166 Å². The molecule has 0 aliphatic carbocycles. The number of benzene rings is 1. The summed E-state index contributed by atoms with van der Waals surface area (Å²) < 4.78 is 18.2. The van der Waals surface area contributed by atoms with E-state index < -0.39 is 0 Å². The molecule has 0 bridgehead atoms. The van der Waals surface area contributed by atoms with E-state index in [1.807, 2.05) is 24.3 Å². The van der Waals surface area contributed by atoms with E-state index in [1.165, 1.54) is 0 Å². The summed E-state index contributed by atoms with van der Waals surface area (Å²) in [5, 5.41) is 4.55. The third-order valence-electron chi connectivity index (χ3n) is 4.77. The van der Waals surface area contributed by atoms with Crippen LogP contribution in [0.25, 0.3) is 11.5 Å². The molecule has 0 N–H and O–H groups in total. The van der Waals surface area contributed by atoms with Crippen LogP contribution in [0.4, 0.5) is 5.95 Å². The first-order valence-corrected chi connectivity index (χ1v) is 9.39. The summed E-state index contributed by atoms with van der Waals surface area (Å²) in [4.78, 5) is 13.4. The molecule has 28 heavy (non-hydrogen) atoms. The Bertz CT molecular complexity index is 1030. The van der Waals surface area contributed by atoms with E-state index in [0.29, 0.717) is 23.1 Å². The van der Waals surface area contributed by atoms with Gasteiger partial charge in [-0.1, -0.05) is 0 Å². The van der Waals surface area contributed by atoms with Crippen molar-refractivity contribution in [2.75, 3.05) is 37.9 Å². The predicted molar refractivity (Wildman–Crippen MR) is 103 cm³/mol. The van der Waals surface area contributed by atoms with Gasteiger partial charge in [-0.05, 0) is 36.5 Å². The normalized spacial score (nSPS) is 16.5. The second kappa shape index (κ2) is 7.21. The van der Waals surface area contributed by atoms with Gasteiger partial charge in [0.2, 0.25) is 18.6 Å². The molecule has 1 saturated heterocycles. The van der Waals surface area contributed by atoms with Crippen LogP contribution in [-0.2, 0) is 6.67 Å². The van der Waals surface area contributed by atoms with Crippen LogP contribution >= 0.6 is 12.2 Å². The first-order chi connectivity index (χ1) is 13.8. The van der Waals surface area contributed by atoms with Crippen LogP contribution < -0.4 is 14.4 Å². The molecule has 2 aliphatic heterocycles. The Kier molecular flexibility index (Phi) is 4.41. The Morgan fingerprint density at radius 2 is 1.79 bits per heavy atom. The molecule has 9 nitrogen and oxygen atoms in total. The number of anilines is 1.